The molecule has 0 bridgehead atoms. The summed E-state index contributed by atoms with van der Waals surface area (Å²) in [6, 6.07) is 38.6. The molecular formula is C24H19INO2P. The van der Waals surface area contributed by atoms with Gasteiger partial charge in [0.15, 0.2) is 0 Å². The topological polar surface area (TPSA) is 43.1 Å². The number of nitro groups is 1. The Labute approximate surface area is 183 Å². The van der Waals surface area contributed by atoms with Gasteiger partial charge in [-0.25, -0.2) is 0 Å². The molecule has 0 heterocycles. The third-order valence-electron chi connectivity index (χ3n) is 5.27. The quantitative estimate of drug-likeness (QED) is 0.162. The molecule has 29 heavy (non-hydrogen) atoms. The average Bonchev–Trinajstić information content (AvgIpc) is 2.80. The molecule has 0 fully saturated rings. The van der Waals surface area contributed by atoms with E-state index in [1.807, 2.05) is 30.3 Å². The number of benzene rings is 4. The number of rotatable bonds is 5. The molecule has 144 valence electrons. The van der Waals surface area contributed by atoms with Crippen molar-refractivity contribution >= 4 is 53.2 Å². The summed E-state index contributed by atoms with van der Waals surface area (Å²) in [6.07, 6.45) is 0. The van der Waals surface area contributed by atoms with Crippen LogP contribution in [0.15, 0.2) is 115 Å². The van der Waals surface area contributed by atoms with Gasteiger partial charge in [0, 0.05) is 0 Å². The Kier molecular flexibility index (Phi) is 5.24. The van der Waals surface area contributed by atoms with Gasteiger partial charge in [0.2, 0.25) is 0 Å². The zero-order chi connectivity index (χ0) is 20.3. The van der Waals surface area contributed by atoms with Crippen LogP contribution in [0.4, 0.5) is 5.69 Å². The summed E-state index contributed by atoms with van der Waals surface area (Å²) in [7, 11) is 0. The summed E-state index contributed by atoms with van der Waals surface area (Å²) in [6.45, 7) is 0. The standard InChI is InChI=1S/C24H19INO2P/c25-29(21-10-4-1-5-11-21,22-12-6-2-7-13-22,23-14-8-3-9-15-23)24-18-16-20(17-19-24)26(27)28/h1-19H. The molecule has 0 unspecified atom stereocenters. The van der Waals surface area contributed by atoms with Crippen LogP contribution in [-0.2, 0) is 0 Å². The fourth-order valence-electron chi connectivity index (χ4n) is 3.87. The fourth-order valence-corrected chi connectivity index (χ4v) is 12.4. The van der Waals surface area contributed by atoms with E-state index in [2.05, 4.69) is 94.8 Å². The first kappa shape index (κ1) is 19.7. The van der Waals surface area contributed by atoms with E-state index >= 15 is 0 Å². The van der Waals surface area contributed by atoms with Gasteiger partial charge < -0.3 is 0 Å². The Hall–Kier alpha value is -2.56. The van der Waals surface area contributed by atoms with E-state index in [1.165, 1.54) is 15.9 Å². The van der Waals surface area contributed by atoms with Crippen molar-refractivity contribution < 1.29 is 4.92 Å². The Morgan fingerprint density at radius 2 is 0.862 bits per heavy atom. The van der Waals surface area contributed by atoms with Crippen molar-refractivity contribution in [3.8, 4) is 0 Å². The van der Waals surface area contributed by atoms with Crippen LogP contribution in [0, 0.1) is 10.1 Å². The molecule has 0 aliphatic heterocycles. The number of nitrogens with zero attached hydrogens (tertiary/aromatic N) is 1. The summed E-state index contributed by atoms with van der Waals surface area (Å²) in [5, 5.41) is 16.0. The van der Waals surface area contributed by atoms with Crippen molar-refractivity contribution in [1.29, 1.82) is 0 Å². The third kappa shape index (κ3) is 3.07. The Morgan fingerprint density at radius 3 is 1.17 bits per heavy atom. The van der Waals surface area contributed by atoms with Crippen LogP contribution < -0.4 is 21.2 Å². The molecule has 0 radical (unpaired) electrons. The maximum absolute atomic E-state index is 11.3. The SMILES string of the molecule is O=[N+]([O-])c1ccc(P(I)(c2ccccc2)(c2ccccc2)c2ccccc2)cc1. The van der Waals surface area contributed by atoms with E-state index in [1.54, 1.807) is 12.1 Å². The normalized spacial score (nSPS) is 12.7. The van der Waals surface area contributed by atoms with Crippen LogP contribution in [0.25, 0.3) is 0 Å². The summed E-state index contributed by atoms with van der Waals surface area (Å²) in [5.41, 5.74) is 0.101. The molecule has 0 spiro atoms. The molecule has 4 aromatic carbocycles. The molecule has 0 aromatic heterocycles. The molecule has 0 aliphatic carbocycles. The maximum atomic E-state index is 11.3. The van der Waals surface area contributed by atoms with Gasteiger partial charge in [-0.1, -0.05) is 0 Å². The van der Waals surface area contributed by atoms with Gasteiger partial charge in [0.05, 0.1) is 0 Å². The minimum absolute atomic E-state index is 0.101. The zero-order valence-corrected chi connectivity index (χ0v) is 18.6. The van der Waals surface area contributed by atoms with E-state index in [0.29, 0.717) is 0 Å². The molecule has 4 aromatic rings. The third-order valence-corrected chi connectivity index (χ3v) is 17.0. The van der Waals surface area contributed by atoms with Gasteiger partial charge in [0.1, 0.15) is 0 Å². The summed E-state index contributed by atoms with van der Waals surface area (Å²) in [4.78, 5) is 10.9. The second-order valence-electron chi connectivity index (χ2n) is 6.79. The number of hydrogen-bond donors (Lipinski definition) is 0. The van der Waals surface area contributed by atoms with Gasteiger partial charge in [-0.15, -0.1) is 0 Å². The summed E-state index contributed by atoms with van der Waals surface area (Å²) >= 11 is 2.66. The molecule has 5 heteroatoms. The predicted molar refractivity (Wildman–Crippen MR) is 132 cm³/mol. The first-order valence-corrected chi connectivity index (χ1v) is 14.2. The second kappa shape index (κ2) is 7.69. The Balaban J connectivity index is 2.17. The van der Waals surface area contributed by atoms with E-state index in [0.717, 1.165) is 5.30 Å². The molecule has 0 N–H and O–H groups in total. The van der Waals surface area contributed by atoms with Crippen LogP contribution in [0.5, 0.6) is 0 Å². The molecule has 0 aliphatic rings. The Morgan fingerprint density at radius 1 is 0.552 bits per heavy atom. The van der Waals surface area contributed by atoms with Crippen LogP contribution in [0.1, 0.15) is 0 Å². The number of halogens is 1. The Bertz CT molecular complexity index is 1030. The molecule has 3 nitrogen and oxygen atoms in total. The molecule has 0 amide bonds. The van der Waals surface area contributed by atoms with Crippen molar-refractivity contribution in [1.82, 2.24) is 0 Å². The molecule has 0 atom stereocenters. The van der Waals surface area contributed by atoms with Gasteiger partial charge in [-0.2, -0.15) is 0 Å². The van der Waals surface area contributed by atoms with Crippen LogP contribution >= 0.6 is 26.3 Å². The molecule has 0 saturated carbocycles. The van der Waals surface area contributed by atoms with Crippen molar-refractivity contribution in [3.63, 3.8) is 0 Å². The zero-order valence-electron chi connectivity index (χ0n) is 15.6. The average molecular weight is 511 g/mol. The van der Waals surface area contributed by atoms with Gasteiger partial charge in [-0.05, 0) is 0 Å². The molecule has 0 saturated heterocycles. The van der Waals surface area contributed by atoms with Crippen LogP contribution in [0.2, 0.25) is 0 Å². The van der Waals surface area contributed by atoms with Crippen LogP contribution in [0.3, 0.4) is 0 Å². The van der Waals surface area contributed by atoms with Gasteiger partial charge >= 0.3 is 183 Å². The van der Waals surface area contributed by atoms with E-state index < -0.39 is 4.25 Å². The fraction of sp³-hybridized carbons (Fsp3) is 0. The number of hydrogen-bond acceptors (Lipinski definition) is 2. The van der Waals surface area contributed by atoms with E-state index in [4.69, 9.17) is 0 Å². The second-order valence-corrected chi connectivity index (χ2v) is 16.7. The van der Waals surface area contributed by atoms with E-state index in [-0.39, 0.29) is 10.6 Å². The number of non-ortho nitro benzene ring substituents is 1. The van der Waals surface area contributed by atoms with E-state index in [9.17, 15) is 10.1 Å². The molecule has 4 rings (SSSR count). The molecular weight excluding hydrogens is 492 g/mol. The summed E-state index contributed by atoms with van der Waals surface area (Å²) in [5.74, 6) is 0. The predicted octanol–water partition coefficient (Wildman–Crippen LogP) is 5.10. The van der Waals surface area contributed by atoms with Crippen molar-refractivity contribution in [2.45, 2.75) is 0 Å². The van der Waals surface area contributed by atoms with Crippen molar-refractivity contribution in [2.24, 2.45) is 0 Å². The summed E-state index contributed by atoms with van der Waals surface area (Å²) < 4.78 is -3.13. The van der Waals surface area contributed by atoms with Crippen LogP contribution in [-0.4, -0.2) is 4.92 Å². The van der Waals surface area contributed by atoms with Crippen molar-refractivity contribution in [2.75, 3.05) is 0 Å². The van der Waals surface area contributed by atoms with Crippen molar-refractivity contribution in [3.05, 3.63) is 125 Å². The first-order chi connectivity index (χ1) is 14.1. The van der Waals surface area contributed by atoms with Gasteiger partial charge in [-0.3, -0.25) is 0 Å². The minimum atomic E-state index is -3.13. The monoisotopic (exact) mass is 511 g/mol. The van der Waals surface area contributed by atoms with Gasteiger partial charge in [0.25, 0.3) is 0 Å². The first-order valence-electron chi connectivity index (χ1n) is 9.21. The number of nitro benzene ring substituents is 1.